The van der Waals surface area contributed by atoms with Gasteiger partial charge in [0.25, 0.3) is 0 Å². The van der Waals surface area contributed by atoms with E-state index in [9.17, 15) is 26.3 Å². The summed E-state index contributed by atoms with van der Waals surface area (Å²) in [4.78, 5) is 31.6. The molecular weight excluding hydrogens is 542 g/mol. The number of carbonyl (C=O) groups is 2. The fraction of sp³-hybridized carbons (Fsp3) is 0.565. The van der Waals surface area contributed by atoms with E-state index in [1.165, 1.54) is 11.1 Å². The molecule has 0 bridgehead atoms. The van der Waals surface area contributed by atoms with Crippen LogP contribution in [0, 0.1) is 0 Å². The van der Waals surface area contributed by atoms with Gasteiger partial charge in [0.1, 0.15) is 0 Å². The van der Waals surface area contributed by atoms with Crippen LogP contribution in [0.15, 0.2) is 35.4 Å². The van der Waals surface area contributed by atoms with Crippen LogP contribution in [-0.4, -0.2) is 87.8 Å². The topological polar surface area (TPSA) is 129 Å². The Morgan fingerprint density at radius 3 is 1.95 bits per heavy atom. The highest BCUT2D eigenvalue weighted by Crippen LogP contribution is 2.32. The van der Waals surface area contributed by atoms with E-state index in [2.05, 4.69) is 26.7 Å². The largest absolute Gasteiger partial charge is 0.490 e. The summed E-state index contributed by atoms with van der Waals surface area (Å²) in [5.74, 6) is -4.67. The third-order valence-corrected chi connectivity index (χ3v) is 5.86. The fourth-order valence-corrected chi connectivity index (χ4v) is 3.81. The Labute approximate surface area is 219 Å². The van der Waals surface area contributed by atoms with Crippen molar-refractivity contribution < 1.29 is 55.3 Å². The number of aliphatic carboxylic acids is 2. The van der Waals surface area contributed by atoms with Crippen molar-refractivity contribution in [1.29, 1.82) is 0 Å². The maximum atomic E-state index is 10.6. The summed E-state index contributed by atoms with van der Waals surface area (Å²) < 4.78 is 74.9. The van der Waals surface area contributed by atoms with Crippen LogP contribution in [-0.2, 0) is 27.3 Å². The zero-order chi connectivity index (χ0) is 29.3. The zero-order valence-corrected chi connectivity index (χ0v) is 20.8. The molecule has 2 saturated heterocycles. The third kappa shape index (κ3) is 10.4. The Hall–Kier alpha value is -3.40. The van der Waals surface area contributed by atoms with E-state index in [0.717, 1.165) is 64.5 Å². The molecule has 2 fully saturated rings. The van der Waals surface area contributed by atoms with Crippen LogP contribution >= 0.6 is 0 Å². The number of morpholine rings is 1. The molecule has 4 rings (SSSR count). The van der Waals surface area contributed by atoms with Crippen LogP contribution in [0.2, 0.25) is 0 Å². The van der Waals surface area contributed by atoms with Crippen LogP contribution < -0.4 is 4.90 Å². The van der Waals surface area contributed by atoms with Gasteiger partial charge in [0.2, 0.25) is 5.95 Å². The number of carboxylic acid groups (broad SMARTS) is 2. The molecule has 4 heterocycles. The molecule has 2 aromatic rings. The number of hydrogen-bond acceptors (Lipinski definition) is 8. The molecule has 10 nitrogen and oxygen atoms in total. The average molecular weight is 570 g/mol. The number of aryl methyl sites for hydroxylation is 1. The van der Waals surface area contributed by atoms with Gasteiger partial charge in [0.05, 0.1) is 24.7 Å². The number of anilines is 1. The molecular formula is C23H28F6N4O6. The average Bonchev–Trinajstić information content (AvgIpc) is 3.37. The lowest BCUT2D eigenvalue weighted by molar-refractivity contribution is -0.193. The minimum absolute atomic E-state index is 0.0259. The van der Waals surface area contributed by atoms with E-state index < -0.39 is 24.3 Å². The molecule has 0 amide bonds. The third-order valence-electron chi connectivity index (χ3n) is 5.86. The van der Waals surface area contributed by atoms with Crippen molar-refractivity contribution in [3.05, 3.63) is 42.1 Å². The van der Waals surface area contributed by atoms with Gasteiger partial charge in [-0.25, -0.2) is 19.6 Å². The van der Waals surface area contributed by atoms with Crippen molar-refractivity contribution >= 4 is 17.9 Å². The van der Waals surface area contributed by atoms with E-state index in [4.69, 9.17) is 29.0 Å². The molecule has 16 heteroatoms. The van der Waals surface area contributed by atoms with Crippen molar-refractivity contribution in [2.45, 2.75) is 50.7 Å². The first kappa shape index (κ1) is 31.8. The lowest BCUT2D eigenvalue weighted by Crippen LogP contribution is -2.56. The SMILES string of the molecule is CCc1cnc(N2CCC3(CC2)CN(Cc2ccoc2)CCO3)nc1.O=C(O)C(F)(F)F.O=C(O)C(F)(F)F. The predicted octanol–water partition coefficient (Wildman–Crippen LogP) is 3.77. The molecule has 2 aliphatic heterocycles. The van der Waals surface area contributed by atoms with Crippen molar-refractivity contribution in [2.24, 2.45) is 0 Å². The molecule has 39 heavy (non-hydrogen) atoms. The summed E-state index contributed by atoms with van der Waals surface area (Å²) in [6.45, 7) is 7.74. The van der Waals surface area contributed by atoms with E-state index >= 15 is 0 Å². The number of halogens is 6. The Balaban J connectivity index is 0.000000317. The van der Waals surface area contributed by atoms with Crippen molar-refractivity contribution in [3.63, 3.8) is 0 Å². The monoisotopic (exact) mass is 570 g/mol. The van der Waals surface area contributed by atoms with Crippen LogP contribution in [0.1, 0.15) is 30.9 Å². The molecule has 2 aromatic heterocycles. The van der Waals surface area contributed by atoms with Gasteiger partial charge in [0.15, 0.2) is 0 Å². The van der Waals surface area contributed by atoms with Crippen LogP contribution in [0.3, 0.4) is 0 Å². The van der Waals surface area contributed by atoms with E-state index in [-0.39, 0.29) is 5.60 Å². The summed E-state index contributed by atoms with van der Waals surface area (Å²) in [5, 5.41) is 14.2. The number of furan rings is 1. The number of carboxylic acids is 2. The number of nitrogens with zero attached hydrogens (tertiary/aromatic N) is 4. The second-order valence-electron chi connectivity index (χ2n) is 8.71. The Morgan fingerprint density at radius 1 is 0.974 bits per heavy atom. The number of piperidine rings is 1. The molecule has 0 aromatic carbocycles. The summed E-state index contributed by atoms with van der Waals surface area (Å²) >= 11 is 0. The maximum Gasteiger partial charge on any atom is 0.490 e. The van der Waals surface area contributed by atoms with Gasteiger partial charge in [-0.05, 0) is 30.9 Å². The number of rotatable bonds is 4. The number of ether oxygens (including phenoxy) is 1. The highest BCUT2D eigenvalue weighted by molar-refractivity contribution is 5.73. The lowest BCUT2D eigenvalue weighted by Gasteiger charge is -2.47. The summed E-state index contributed by atoms with van der Waals surface area (Å²) in [6, 6.07) is 2.04. The van der Waals surface area contributed by atoms with Gasteiger partial charge in [-0.3, -0.25) is 4.90 Å². The molecule has 2 aliphatic rings. The molecule has 2 N–H and O–H groups in total. The molecule has 0 unspecified atom stereocenters. The number of aromatic nitrogens is 2. The summed E-state index contributed by atoms with van der Waals surface area (Å²) in [7, 11) is 0. The Kier molecular flexibility index (Phi) is 11.1. The molecule has 0 atom stereocenters. The smallest absolute Gasteiger partial charge is 0.475 e. The van der Waals surface area contributed by atoms with Gasteiger partial charge in [-0.2, -0.15) is 26.3 Å². The molecule has 0 saturated carbocycles. The minimum atomic E-state index is -5.08. The van der Waals surface area contributed by atoms with Crippen molar-refractivity contribution in [1.82, 2.24) is 14.9 Å². The first-order valence-electron chi connectivity index (χ1n) is 11.7. The van der Waals surface area contributed by atoms with Crippen LogP contribution in [0.5, 0.6) is 0 Å². The van der Waals surface area contributed by atoms with Crippen LogP contribution in [0.25, 0.3) is 0 Å². The first-order chi connectivity index (χ1) is 18.1. The molecule has 0 radical (unpaired) electrons. The standard InChI is InChI=1S/C19H26N4O2.2C2HF3O2/c1-2-16-11-20-18(21-12-16)23-6-4-19(5-7-23)15-22(8-10-25-19)13-17-3-9-24-14-17;2*3-2(4,5)1(6)7/h3,9,11-12,14H,2,4-8,10,13,15H2,1H3;2*(H,6,7). The molecule has 218 valence electrons. The predicted molar refractivity (Wildman–Crippen MR) is 123 cm³/mol. The fourth-order valence-electron chi connectivity index (χ4n) is 3.81. The second kappa shape index (κ2) is 13.6. The van der Waals surface area contributed by atoms with Gasteiger partial charge in [-0.1, -0.05) is 6.92 Å². The normalized spacial score (nSPS) is 17.5. The van der Waals surface area contributed by atoms with E-state index in [1.807, 2.05) is 24.7 Å². The van der Waals surface area contributed by atoms with Gasteiger partial charge < -0.3 is 24.3 Å². The number of hydrogen-bond donors (Lipinski definition) is 2. The second-order valence-corrected chi connectivity index (χ2v) is 8.71. The number of alkyl halides is 6. The first-order valence-corrected chi connectivity index (χ1v) is 11.7. The zero-order valence-electron chi connectivity index (χ0n) is 20.8. The molecule has 0 aliphatic carbocycles. The maximum absolute atomic E-state index is 10.6. The highest BCUT2D eigenvalue weighted by Gasteiger charge is 2.40. The van der Waals surface area contributed by atoms with E-state index in [1.54, 1.807) is 6.26 Å². The van der Waals surface area contributed by atoms with Crippen molar-refractivity contribution in [2.75, 3.05) is 37.7 Å². The highest BCUT2D eigenvalue weighted by atomic mass is 19.4. The van der Waals surface area contributed by atoms with Gasteiger partial charge in [-0.15, -0.1) is 0 Å². The summed E-state index contributed by atoms with van der Waals surface area (Å²) in [6.07, 6.45) is 0.314. The van der Waals surface area contributed by atoms with Gasteiger partial charge in [0, 0.05) is 50.7 Å². The Bertz CT molecular complexity index is 1010. The Morgan fingerprint density at radius 2 is 1.51 bits per heavy atom. The van der Waals surface area contributed by atoms with Gasteiger partial charge >= 0.3 is 24.3 Å². The summed E-state index contributed by atoms with van der Waals surface area (Å²) in [5.41, 5.74) is 2.39. The lowest BCUT2D eigenvalue weighted by atomic mass is 9.89. The molecule has 1 spiro atoms. The minimum Gasteiger partial charge on any atom is -0.475 e. The van der Waals surface area contributed by atoms with Crippen molar-refractivity contribution in [3.8, 4) is 0 Å². The van der Waals surface area contributed by atoms with Crippen LogP contribution in [0.4, 0.5) is 32.3 Å². The quantitative estimate of drug-likeness (QED) is 0.524. The van der Waals surface area contributed by atoms with E-state index in [0.29, 0.717) is 0 Å².